The van der Waals surface area contributed by atoms with Crippen LogP contribution in [0.2, 0.25) is 0 Å². The van der Waals surface area contributed by atoms with Gasteiger partial charge in [-0.05, 0) is 24.2 Å². The van der Waals surface area contributed by atoms with Gasteiger partial charge in [-0.2, -0.15) is 13.2 Å². The van der Waals surface area contributed by atoms with Crippen LogP contribution in [0.1, 0.15) is 27.2 Å². The van der Waals surface area contributed by atoms with Crippen LogP contribution in [0.3, 0.4) is 0 Å². The second kappa shape index (κ2) is 5.10. The molecule has 2 atom stereocenters. The third-order valence-electron chi connectivity index (χ3n) is 3.24. The lowest BCUT2D eigenvalue weighted by molar-refractivity contribution is -0.182. The van der Waals surface area contributed by atoms with Gasteiger partial charge in [-0.15, -0.1) is 0 Å². The molecule has 1 fully saturated rings. The summed E-state index contributed by atoms with van der Waals surface area (Å²) < 4.78 is 39.5. The van der Waals surface area contributed by atoms with Crippen molar-refractivity contribution in [3.63, 3.8) is 0 Å². The summed E-state index contributed by atoms with van der Waals surface area (Å²) in [5.41, 5.74) is 0.885. The van der Waals surface area contributed by atoms with E-state index in [4.69, 9.17) is 0 Å². The van der Waals surface area contributed by atoms with Gasteiger partial charge in [-0.25, -0.2) is 4.79 Å². The smallest absolute Gasteiger partial charge is 0.422 e. The van der Waals surface area contributed by atoms with Gasteiger partial charge >= 0.3 is 12.1 Å². The van der Waals surface area contributed by atoms with Crippen molar-refractivity contribution in [2.45, 2.75) is 33.4 Å². The van der Waals surface area contributed by atoms with E-state index in [9.17, 15) is 18.0 Å². The summed E-state index contributed by atoms with van der Waals surface area (Å²) in [5, 5.41) is 0. The number of carbonyl (C=O) groups is 1. The highest BCUT2D eigenvalue weighted by molar-refractivity contribution is 5.83. The van der Waals surface area contributed by atoms with Crippen LogP contribution >= 0.6 is 0 Å². The summed E-state index contributed by atoms with van der Waals surface area (Å²) in [6.45, 7) is 4.66. The Labute approximate surface area is 98.8 Å². The fourth-order valence-electron chi connectivity index (χ4n) is 2.10. The first-order chi connectivity index (χ1) is 7.70. The molecule has 1 aliphatic carbocycles. The zero-order valence-corrected chi connectivity index (χ0v) is 10.2. The molecule has 1 aliphatic rings. The van der Waals surface area contributed by atoms with Crippen molar-refractivity contribution < 1.29 is 22.7 Å². The SMILES string of the molecule is CC(C)[C@H]1C/C(=C\C(=O)OCC(F)(F)F)[C@H]1C. The molecule has 0 saturated heterocycles. The van der Waals surface area contributed by atoms with Gasteiger partial charge in [0.05, 0.1) is 0 Å². The first-order valence-electron chi connectivity index (χ1n) is 5.64. The van der Waals surface area contributed by atoms with E-state index in [0.717, 1.165) is 12.0 Å². The number of hydrogen-bond donors (Lipinski definition) is 0. The van der Waals surface area contributed by atoms with Crippen LogP contribution in [0.15, 0.2) is 11.6 Å². The lowest BCUT2D eigenvalue weighted by atomic mass is 9.65. The fourth-order valence-corrected chi connectivity index (χ4v) is 2.10. The van der Waals surface area contributed by atoms with E-state index in [1.54, 1.807) is 0 Å². The minimum atomic E-state index is -4.46. The molecular formula is C12H17F3O2. The summed E-state index contributed by atoms with van der Waals surface area (Å²) in [4.78, 5) is 11.1. The van der Waals surface area contributed by atoms with E-state index in [2.05, 4.69) is 18.6 Å². The van der Waals surface area contributed by atoms with Crippen molar-refractivity contribution in [1.29, 1.82) is 0 Å². The summed E-state index contributed by atoms with van der Waals surface area (Å²) in [6.07, 6.45) is -2.48. The first kappa shape index (κ1) is 14.1. The summed E-state index contributed by atoms with van der Waals surface area (Å²) in [5.74, 6) is 0.393. The molecule has 1 saturated carbocycles. The second-order valence-electron chi connectivity index (χ2n) is 4.84. The lowest BCUT2D eigenvalue weighted by Crippen LogP contribution is -2.31. The minimum absolute atomic E-state index is 0.258. The van der Waals surface area contributed by atoms with Crippen LogP contribution in [-0.4, -0.2) is 18.8 Å². The van der Waals surface area contributed by atoms with Crippen LogP contribution in [0.4, 0.5) is 13.2 Å². The number of rotatable bonds is 3. The number of esters is 1. The predicted octanol–water partition coefficient (Wildman–Crippen LogP) is 3.33. The van der Waals surface area contributed by atoms with Gasteiger partial charge in [-0.3, -0.25) is 0 Å². The summed E-state index contributed by atoms with van der Waals surface area (Å²) in [7, 11) is 0. The van der Waals surface area contributed by atoms with E-state index < -0.39 is 18.8 Å². The number of hydrogen-bond acceptors (Lipinski definition) is 2. The lowest BCUT2D eigenvalue weighted by Gasteiger charge is -2.40. The average molecular weight is 250 g/mol. The number of halogens is 3. The molecule has 0 heterocycles. The molecule has 0 unspecified atom stereocenters. The molecule has 2 nitrogen and oxygen atoms in total. The van der Waals surface area contributed by atoms with E-state index >= 15 is 0 Å². The molecule has 0 N–H and O–H groups in total. The van der Waals surface area contributed by atoms with Crippen LogP contribution < -0.4 is 0 Å². The largest absolute Gasteiger partial charge is 0.453 e. The monoisotopic (exact) mass is 250 g/mol. The molecule has 0 aromatic carbocycles. The molecule has 0 radical (unpaired) electrons. The standard InChI is InChI=1S/C12H17F3O2/c1-7(2)10-4-9(8(10)3)5-11(16)17-6-12(13,14)15/h5,7-8,10H,4,6H2,1-3H3/b9-5+/t8-,10-/m1/s1. The molecule has 0 bridgehead atoms. The minimum Gasteiger partial charge on any atom is -0.453 e. The maximum Gasteiger partial charge on any atom is 0.422 e. The number of allylic oxidation sites excluding steroid dienone is 1. The van der Waals surface area contributed by atoms with Crippen molar-refractivity contribution in [2.24, 2.45) is 17.8 Å². The molecule has 17 heavy (non-hydrogen) atoms. The Bertz CT molecular complexity index is 318. The van der Waals surface area contributed by atoms with Gasteiger partial charge in [0, 0.05) is 6.08 Å². The van der Waals surface area contributed by atoms with Crippen LogP contribution in [0.5, 0.6) is 0 Å². The molecular weight excluding hydrogens is 233 g/mol. The Morgan fingerprint density at radius 2 is 2.12 bits per heavy atom. The highest BCUT2D eigenvalue weighted by Gasteiger charge is 2.35. The predicted molar refractivity (Wildman–Crippen MR) is 57.2 cm³/mol. The normalized spacial score (nSPS) is 27.1. The van der Waals surface area contributed by atoms with Gasteiger partial charge < -0.3 is 4.74 Å². The van der Waals surface area contributed by atoms with Crippen LogP contribution in [0, 0.1) is 17.8 Å². The van der Waals surface area contributed by atoms with Gasteiger partial charge in [-0.1, -0.05) is 26.3 Å². The van der Waals surface area contributed by atoms with Gasteiger partial charge in [0.2, 0.25) is 0 Å². The van der Waals surface area contributed by atoms with E-state index in [0.29, 0.717) is 11.8 Å². The third-order valence-corrected chi connectivity index (χ3v) is 3.24. The van der Waals surface area contributed by atoms with Crippen LogP contribution in [0.25, 0.3) is 0 Å². The average Bonchev–Trinajstić information content (AvgIpc) is 2.18. The molecule has 98 valence electrons. The molecule has 0 aromatic rings. The zero-order chi connectivity index (χ0) is 13.2. The maximum atomic E-state index is 11.8. The molecule has 0 aromatic heterocycles. The van der Waals surface area contributed by atoms with E-state index in [1.165, 1.54) is 6.08 Å². The number of ether oxygens (including phenoxy) is 1. The summed E-state index contributed by atoms with van der Waals surface area (Å²) >= 11 is 0. The molecule has 1 rings (SSSR count). The topological polar surface area (TPSA) is 26.3 Å². The highest BCUT2D eigenvalue weighted by atomic mass is 19.4. The van der Waals surface area contributed by atoms with Gasteiger partial charge in [0.25, 0.3) is 0 Å². The molecule has 0 aliphatic heterocycles. The van der Waals surface area contributed by atoms with E-state index in [1.807, 2.05) is 6.92 Å². The Morgan fingerprint density at radius 1 is 1.53 bits per heavy atom. The quantitative estimate of drug-likeness (QED) is 0.567. The Hall–Kier alpha value is -1.00. The second-order valence-corrected chi connectivity index (χ2v) is 4.84. The maximum absolute atomic E-state index is 11.8. The van der Waals surface area contributed by atoms with Gasteiger partial charge in [0.15, 0.2) is 6.61 Å². The third kappa shape index (κ3) is 4.06. The molecule has 5 heteroatoms. The molecule has 0 amide bonds. The van der Waals surface area contributed by atoms with Crippen LogP contribution in [-0.2, 0) is 9.53 Å². The van der Waals surface area contributed by atoms with E-state index in [-0.39, 0.29) is 5.92 Å². The van der Waals surface area contributed by atoms with Gasteiger partial charge in [0.1, 0.15) is 0 Å². The van der Waals surface area contributed by atoms with Crippen molar-refractivity contribution in [2.75, 3.05) is 6.61 Å². The van der Waals surface area contributed by atoms with Crippen molar-refractivity contribution in [1.82, 2.24) is 0 Å². The summed E-state index contributed by atoms with van der Waals surface area (Å²) in [6, 6.07) is 0. The van der Waals surface area contributed by atoms with Crippen molar-refractivity contribution in [3.05, 3.63) is 11.6 Å². The number of carbonyl (C=O) groups excluding carboxylic acids is 1. The Morgan fingerprint density at radius 3 is 2.53 bits per heavy atom. The van der Waals surface area contributed by atoms with Crippen molar-refractivity contribution >= 4 is 5.97 Å². The highest BCUT2D eigenvalue weighted by Crippen LogP contribution is 2.43. The Kier molecular flexibility index (Phi) is 4.22. The molecule has 0 spiro atoms. The fraction of sp³-hybridized carbons (Fsp3) is 0.750. The zero-order valence-electron chi connectivity index (χ0n) is 10.2. The number of alkyl halides is 3. The van der Waals surface area contributed by atoms with Crippen molar-refractivity contribution in [3.8, 4) is 0 Å². The first-order valence-corrected chi connectivity index (χ1v) is 5.64. The Balaban J connectivity index is 2.42.